The van der Waals surface area contributed by atoms with Crippen LogP contribution in [-0.2, 0) is 11.3 Å². The van der Waals surface area contributed by atoms with Gasteiger partial charge in [0.05, 0.1) is 19.8 Å². The number of aromatic hydroxyl groups is 1. The molecule has 1 aliphatic rings. The maximum absolute atomic E-state index is 13.5. The third-order valence-electron chi connectivity index (χ3n) is 5.36. The molecule has 0 saturated carbocycles. The Hall–Kier alpha value is -1.13. The zero-order chi connectivity index (χ0) is 20.4. The highest BCUT2D eigenvalue weighted by Crippen LogP contribution is 2.20. The highest BCUT2D eigenvalue weighted by Gasteiger charge is 2.27. The van der Waals surface area contributed by atoms with Crippen LogP contribution in [0.15, 0.2) is 23.2 Å². The third-order valence-corrected chi connectivity index (χ3v) is 5.36. The van der Waals surface area contributed by atoms with Crippen LogP contribution in [0.5, 0.6) is 5.75 Å². The first-order valence-corrected chi connectivity index (χ1v) is 10.4. The molecule has 0 spiro atoms. The summed E-state index contributed by atoms with van der Waals surface area (Å²) in [5.41, 5.74) is 0.720. The number of nitrogens with one attached hydrogen (secondary N) is 2. The van der Waals surface area contributed by atoms with Crippen LogP contribution in [0.4, 0.5) is 4.39 Å². The summed E-state index contributed by atoms with van der Waals surface area (Å²) in [4.78, 5) is 7.11. The molecule has 6 nitrogen and oxygen atoms in total. The topological polar surface area (TPSA) is 69.1 Å². The second-order valence-corrected chi connectivity index (χ2v) is 7.15. The molecule has 166 valence electrons. The molecule has 0 amide bonds. The van der Waals surface area contributed by atoms with E-state index < -0.39 is 5.82 Å². The molecule has 0 bridgehead atoms. The molecule has 2 rings (SSSR count). The lowest BCUT2D eigenvalue weighted by Gasteiger charge is -2.39. The average molecular weight is 522 g/mol. The minimum absolute atomic E-state index is 0. The molecule has 1 unspecified atom stereocenters. The van der Waals surface area contributed by atoms with Gasteiger partial charge in [0, 0.05) is 32.2 Å². The Morgan fingerprint density at radius 1 is 1.21 bits per heavy atom. The first-order valence-electron chi connectivity index (χ1n) is 10.4. The van der Waals surface area contributed by atoms with Crippen molar-refractivity contribution in [3.8, 4) is 5.75 Å². The van der Waals surface area contributed by atoms with E-state index in [1.807, 2.05) is 6.92 Å². The fourth-order valence-electron chi connectivity index (χ4n) is 3.70. The second kappa shape index (κ2) is 14.0. The van der Waals surface area contributed by atoms with E-state index in [4.69, 9.17) is 4.74 Å². The van der Waals surface area contributed by atoms with Gasteiger partial charge in [-0.3, -0.25) is 4.90 Å². The van der Waals surface area contributed by atoms with E-state index >= 15 is 0 Å². The molecular formula is C21H36FIN4O2. The van der Waals surface area contributed by atoms with Crippen LogP contribution in [0.2, 0.25) is 0 Å². The number of morpholine rings is 1. The predicted octanol–water partition coefficient (Wildman–Crippen LogP) is 3.34. The van der Waals surface area contributed by atoms with Gasteiger partial charge in [-0.2, -0.15) is 0 Å². The van der Waals surface area contributed by atoms with Crippen molar-refractivity contribution in [1.29, 1.82) is 0 Å². The molecule has 1 heterocycles. The zero-order valence-corrected chi connectivity index (χ0v) is 20.1. The van der Waals surface area contributed by atoms with Gasteiger partial charge in [-0.05, 0) is 30.5 Å². The standard InChI is InChI=1S/C21H35FN4O2.HI/c1-4-17(5-2)19(26-9-11-28-12-10-26)15-25-21(23-6-3)24-14-16-7-8-20(27)18(22)13-16;/h7-8,13,17,19,27H,4-6,9-12,14-15H2,1-3H3,(H2,23,24,25);1H. The average Bonchev–Trinajstić information content (AvgIpc) is 2.72. The first kappa shape index (κ1) is 25.9. The maximum Gasteiger partial charge on any atom is 0.191 e. The number of halogens is 2. The molecule has 1 aliphatic heterocycles. The van der Waals surface area contributed by atoms with Crippen LogP contribution < -0.4 is 10.6 Å². The molecule has 0 radical (unpaired) electrons. The molecular weight excluding hydrogens is 486 g/mol. The van der Waals surface area contributed by atoms with E-state index in [2.05, 4.69) is 34.4 Å². The smallest absolute Gasteiger partial charge is 0.191 e. The number of phenolic OH excluding ortho intramolecular Hbond substituents is 1. The van der Waals surface area contributed by atoms with Crippen LogP contribution in [0.3, 0.4) is 0 Å². The van der Waals surface area contributed by atoms with E-state index in [1.165, 1.54) is 12.1 Å². The molecule has 1 fully saturated rings. The van der Waals surface area contributed by atoms with Crippen molar-refractivity contribution >= 4 is 29.9 Å². The summed E-state index contributed by atoms with van der Waals surface area (Å²) in [6, 6.07) is 4.80. The Balaban J connectivity index is 0.00000420. The highest BCUT2D eigenvalue weighted by atomic mass is 127. The monoisotopic (exact) mass is 522 g/mol. The van der Waals surface area contributed by atoms with Crippen molar-refractivity contribution in [3.63, 3.8) is 0 Å². The molecule has 0 aromatic heterocycles. The van der Waals surface area contributed by atoms with Gasteiger partial charge < -0.3 is 20.5 Å². The van der Waals surface area contributed by atoms with Crippen LogP contribution in [0.1, 0.15) is 39.2 Å². The van der Waals surface area contributed by atoms with E-state index in [9.17, 15) is 9.50 Å². The Bertz CT molecular complexity index is 623. The van der Waals surface area contributed by atoms with Gasteiger partial charge in [-0.15, -0.1) is 24.0 Å². The molecule has 8 heteroatoms. The van der Waals surface area contributed by atoms with Crippen LogP contribution >= 0.6 is 24.0 Å². The van der Waals surface area contributed by atoms with Gasteiger partial charge in [-0.25, -0.2) is 9.38 Å². The number of nitrogens with zero attached hydrogens (tertiary/aromatic N) is 2. The lowest BCUT2D eigenvalue weighted by molar-refractivity contribution is 0.00272. The van der Waals surface area contributed by atoms with Gasteiger partial charge in [-0.1, -0.05) is 32.8 Å². The summed E-state index contributed by atoms with van der Waals surface area (Å²) in [6.45, 7) is 11.9. The first-order chi connectivity index (χ1) is 13.6. The predicted molar refractivity (Wildman–Crippen MR) is 127 cm³/mol. The number of rotatable bonds is 9. The van der Waals surface area contributed by atoms with E-state index in [0.29, 0.717) is 18.5 Å². The molecule has 1 aromatic rings. The zero-order valence-electron chi connectivity index (χ0n) is 17.8. The molecule has 3 N–H and O–H groups in total. The molecule has 1 atom stereocenters. The lowest BCUT2D eigenvalue weighted by atomic mass is 9.92. The number of hydrogen-bond acceptors (Lipinski definition) is 4. The van der Waals surface area contributed by atoms with E-state index in [-0.39, 0.29) is 29.7 Å². The number of guanidine groups is 1. The number of ether oxygens (including phenoxy) is 1. The van der Waals surface area contributed by atoms with Crippen molar-refractivity contribution in [2.45, 2.75) is 46.2 Å². The van der Waals surface area contributed by atoms with Gasteiger partial charge in [0.15, 0.2) is 17.5 Å². The molecule has 29 heavy (non-hydrogen) atoms. The fourth-order valence-corrected chi connectivity index (χ4v) is 3.70. The summed E-state index contributed by atoms with van der Waals surface area (Å²) in [7, 11) is 0. The quantitative estimate of drug-likeness (QED) is 0.264. The highest BCUT2D eigenvalue weighted by molar-refractivity contribution is 14.0. The summed E-state index contributed by atoms with van der Waals surface area (Å²) >= 11 is 0. The van der Waals surface area contributed by atoms with Crippen LogP contribution in [-0.4, -0.2) is 61.4 Å². The molecule has 1 aromatic carbocycles. The van der Waals surface area contributed by atoms with E-state index in [0.717, 1.165) is 63.8 Å². The largest absolute Gasteiger partial charge is 0.505 e. The molecule has 1 saturated heterocycles. The number of hydrogen-bond donors (Lipinski definition) is 3. The van der Waals surface area contributed by atoms with Crippen molar-refractivity contribution in [2.75, 3.05) is 39.4 Å². The minimum Gasteiger partial charge on any atom is -0.505 e. The number of aliphatic imine (C=N–C) groups is 1. The van der Waals surface area contributed by atoms with Gasteiger partial charge in [0.1, 0.15) is 0 Å². The van der Waals surface area contributed by atoms with Crippen molar-refractivity contribution in [1.82, 2.24) is 15.5 Å². The van der Waals surface area contributed by atoms with Gasteiger partial charge >= 0.3 is 0 Å². The van der Waals surface area contributed by atoms with Crippen molar-refractivity contribution < 1.29 is 14.2 Å². The lowest BCUT2D eigenvalue weighted by Crippen LogP contribution is -2.53. The van der Waals surface area contributed by atoms with Gasteiger partial charge in [0.2, 0.25) is 0 Å². The SMILES string of the molecule is CCNC(=NCc1ccc(O)c(F)c1)NCC(C(CC)CC)N1CCOCC1.I. The summed E-state index contributed by atoms with van der Waals surface area (Å²) in [5.74, 6) is 0.378. The van der Waals surface area contributed by atoms with E-state index in [1.54, 1.807) is 6.07 Å². The molecule has 0 aliphatic carbocycles. The Morgan fingerprint density at radius 3 is 2.48 bits per heavy atom. The van der Waals surface area contributed by atoms with Crippen molar-refractivity contribution in [2.24, 2.45) is 10.9 Å². The number of benzene rings is 1. The second-order valence-electron chi connectivity index (χ2n) is 7.15. The normalized spacial score (nSPS) is 16.4. The Morgan fingerprint density at radius 2 is 1.90 bits per heavy atom. The number of phenols is 1. The van der Waals surface area contributed by atoms with Gasteiger partial charge in [0.25, 0.3) is 0 Å². The minimum atomic E-state index is -0.619. The Labute approximate surface area is 191 Å². The summed E-state index contributed by atoms with van der Waals surface area (Å²) in [6.07, 6.45) is 2.28. The summed E-state index contributed by atoms with van der Waals surface area (Å²) in [5, 5.41) is 16.1. The Kier molecular flexibility index (Phi) is 12.5. The maximum atomic E-state index is 13.5. The third kappa shape index (κ3) is 8.25. The summed E-state index contributed by atoms with van der Waals surface area (Å²) < 4.78 is 19.1. The fraction of sp³-hybridized carbons (Fsp3) is 0.667. The van der Waals surface area contributed by atoms with Crippen molar-refractivity contribution in [3.05, 3.63) is 29.6 Å². The van der Waals surface area contributed by atoms with Crippen LogP contribution in [0.25, 0.3) is 0 Å². The van der Waals surface area contributed by atoms with Crippen LogP contribution in [0, 0.1) is 11.7 Å².